The number of esters is 1. The van der Waals surface area contributed by atoms with Crippen molar-refractivity contribution in [2.45, 2.75) is 26.3 Å². The number of hydrogen-bond acceptors (Lipinski definition) is 5. The molecule has 0 aliphatic heterocycles. The van der Waals surface area contributed by atoms with Gasteiger partial charge >= 0.3 is 5.97 Å². The van der Waals surface area contributed by atoms with Crippen LogP contribution in [0.1, 0.15) is 30.6 Å². The fraction of sp³-hybridized carbons (Fsp3) is 0.467. The van der Waals surface area contributed by atoms with E-state index in [4.69, 9.17) is 0 Å². The van der Waals surface area contributed by atoms with Gasteiger partial charge in [0.25, 0.3) is 0 Å². The van der Waals surface area contributed by atoms with Gasteiger partial charge in [-0.2, -0.15) is 0 Å². The number of hydrogen-bond donors (Lipinski definition) is 1. The third-order valence-electron chi connectivity index (χ3n) is 3.28. The van der Waals surface area contributed by atoms with E-state index in [9.17, 15) is 18.0 Å². The Balaban J connectivity index is 3.00. The lowest BCUT2D eigenvalue weighted by molar-refractivity contribution is -0.120. The summed E-state index contributed by atoms with van der Waals surface area (Å²) in [5, 5.41) is 2.72. The molecule has 1 rings (SSSR count). The zero-order valence-corrected chi connectivity index (χ0v) is 14.5. The molecule has 0 radical (unpaired) electrons. The van der Waals surface area contributed by atoms with Crippen molar-refractivity contribution in [2.24, 2.45) is 0 Å². The average molecular weight is 342 g/mol. The monoisotopic (exact) mass is 342 g/mol. The number of carbonyl (C=O) groups excluding carboxylic acids is 2. The van der Waals surface area contributed by atoms with Crippen molar-refractivity contribution >= 4 is 27.6 Å². The van der Waals surface area contributed by atoms with Gasteiger partial charge in [0, 0.05) is 6.04 Å². The Hall–Kier alpha value is -2.09. The smallest absolute Gasteiger partial charge is 0.337 e. The molecule has 0 saturated heterocycles. The van der Waals surface area contributed by atoms with Crippen molar-refractivity contribution in [1.82, 2.24) is 5.32 Å². The Labute approximate surface area is 136 Å². The van der Waals surface area contributed by atoms with Gasteiger partial charge in [-0.05, 0) is 37.6 Å². The van der Waals surface area contributed by atoms with Crippen molar-refractivity contribution in [2.75, 3.05) is 24.2 Å². The maximum atomic E-state index is 12.0. The quantitative estimate of drug-likeness (QED) is 0.751. The third kappa shape index (κ3) is 5.55. The fourth-order valence-corrected chi connectivity index (χ4v) is 2.69. The first kappa shape index (κ1) is 19.0. The highest BCUT2D eigenvalue weighted by Gasteiger charge is 2.21. The van der Waals surface area contributed by atoms with Crippen LogP contribution in [0.15, 0.2) is 24.3 Å². The van der Waals surface area contributed by atoms with Gasteiger partial charge in [0.15, 0.2) is 0 Å². The molecule has 0 fully saturated rings. The second kappa shape index (κ2) is 7.96. The molecule has 128 valence electrons. The van der Waals surface area contributed by atoms with Crippen LogP contribution in [-0.2, 0) is 19.6 Å². The number of ether oxygens (including phenoxy) is 1. The van der Waals surface area contributed by atoms with Crippen LogP contribution in [0.3, 0.4) is 0 Å². The molecule has 7 nitrogen and oxygen atoms in total. The molecule has 0 bridgehead atoms. The topological polar surface area (TPSA) is 92.8 Å². The van der Waals surface area contributed by atoms with E-state index >= 15 is 0 Å². The van der Waals surface area contributed by atoms with Crippen molar-refractivity contribution in [3.05, 3.63) is 29.8 Å². The molecule has 0 saturated carbocycles. The van der Waals surface area contributed by atoms with Gasteiger partial charge in [0.1, 0.15) is 6.54 Å². The van der Waals surface area contributed by atoms with Gasteiger partial charge < -0.3 is 10.1 Å². The van der Waals surface area contributed by atoms with Gasteiger partial charge in [-0.1, -0.05) is 6.92 Å². The van der Waals surface area contributed by atoms with E-state index in [-0.39, 0.29) is 18.5 Å². The summed E-state index contributed by atoms with van der Waals surface area (Å²) in [4.78, 5) is 23.4. The van der Waals surface area contributed by atoms with Crippen LogP contribution in [0.25, 0.3) is 0 Å². The minimum Gasteiger partial charge on any atom is -0.465 e. The summed E-state index contributed by atoms with van der Waals surface area (Å²) in [5.41, 5.74) is 0.605. The molecule has 0 aliphatic carbocycles. The number of rotatable bonds is 7. The Morgan fingerprint density at radius 1 is 1.26 bits per heavy atom. The predicted octanol–water partition coefficient (Wildman–Crippen LogP) is 1.15. The number of anilines is 1. The molecule has 1 unspecified atom stereocenters. The predicted molar refractivity (Wildman–Crippen MR) is 87.9 cm³/mol. The summed E-state index contributed by atoms with van der Waals surface area (Å²) < 4.78 is 29.5. The van der Waals surface area contributed by atoms with Crippen LogP contribution < -0.4 is 9.62 Å². The lowest BCUT2D eigenvalue weighted by Gasteiger charge is -2.23. The van der Waals surface area contributed by atoms with E-state index in [1.54, 1.807) is 0 Å². The Morgan fingerprint density at radius 2 is 1.83 bits per heavy atom. The van der Waals surface area contributed by atoms with E-state index in [2.05, 4.69) is 10.1 Å². The summed E-state index contributed by atoms with van der Waals surface area (Å²) >= 11 is 0. The number of methoxy groups -OCH3 is 1. The lowest BCUT2D eigenvalue weighted by Crippen LogP contribution is -2.43. The number of benzene rings is 1. The number of amides is 1. The van der Waals surface area contributed by atoms with Gasteiger partial charge in [-0.15, -0.1) is 0 Å². The summed E-state index contributed by atoms with van der Waals surface area (Å²) in [7, 11) is -2.38. The molecule has 8 heteroatoms. The van der Waals surface area contributed by atoms with Gasteiger partial charge in [-0.3, -0.25) is 9.10 Å². The van der Waals surface area contributed by atoms with Crippen molar-refractivity contribution < 1.29 is 22.7 Å². The van der Waals surface area contributed by atoms with Crippen LogP contribution in [0.2, 0.25) is 0 Å². The Kier molecular flexibility index (Phi) is 6.56. The van der Waals surface area contributed by atoms with Gasteiger partial charge in [0.2, 0.25) is 15.9 Å². The molecular weight excluding hydrogens is 320 g/mol. The van der Waals surface area contributed by atoms with Crippen molar-refractivity contribution in [1.29, 1.82) is 0 Å². The van der Waals surface area contributed by atoms with E-state index in [1.807, 2.05) is 13.8 Å². The fourth-order valence-electron chi connectivity index (χ4n) is 1.83. The van der Waals surface area contributed by atoms with Crippen molar-refractivity contribution in [3.8, 4) is 0 Å². The van der Waals surface area contributed by atoms with E-state index in [0.717, 1.165) is 17.0 Å². The highest BCUT2D eigenvalue weighted by Crippen LogP contribution is 2.18. The van der Waals surface area contributed by atoms with E-state index in [0.29, 0.717) is 11.3 Å². The molecule has 1 N–H and O–H groups in total. The van der Waals surface area contributed by atoms with Gasteiger partial charge in [-0.25, -0.2) is 13.2 Å². The highest BCUT2D eigenvalue weighted by atomic mass is 32.2. The normalized spacial score (nSPS) is 12.3. The van der Waals surface area contributed by atoms with Gasteiger partial charge in [0.05, 0.1) is 24.6 Å². The number of nitrogens with one attached hydrogen (secondary N) is 1. The Bertz CT molecular complexity index is 655. The maximum absolute atomic E-state index is 12.0. The molecule has 0 aliphatic rings. The van der Waals surface area contributed by atoms with E-state index in [1.165, 1.54) is 31.4 Å². The molecule has 1 amide bonds. The molecule has 1 aromatic carbocycles. The SMILES string of the molecule is CCC(C)NC(=O)CN(c1ccc(C(=O)OC)cc1)S(C)(=O)=O. The first-order valence-corrected chi connectivity index (χ1v) is 8.99. The summed E-state index contributed by atoms with van der Waals surface area (Å²) in [5.74, 6) is -0.904. The number of carbonyl (C=O) groups is 2. The molecule has 23 heavy (non-hydrogen) atoms. The van der Waals surface area contributed by atoms with Crippen LogP contribution in [0.4, 0.5) is 5.69 Å². The van der Waals surface area contributed by atoms with Crippen LogP contribution in [-0.4, -0.2) is 46.2 Å². The zero-order chi connectivity index (χ0) is 17.6. The van der Waals surface area contributed by atoms with Crippen molar-refractivity contribution in [3.63, 3.8) is 0 Å². The molecule has 1 atom stereocenters. The molecular formula is C15H22N2O5S. The molecule has 0 spiro atoms. The van der Waals surface area contributed by atoms with E-state index < -0.39 is 16.0 Å². The molecule has 0 aromatic heterocycles. The second-order valence-corrected chi connectivity index (χ2v) is 7.09. The number of sulfonamides is 1. The lowest BCUT2D eigenvalue weighted by atomic mass is 10.2. The largest absolute Gasteiger partial charge is 0.465 e. The molecule has 1 aromatic rings. The first-order valence-electron chi connectivity index (χ1n) is 7.14. The molecule has 0 heterocycles. The summed E-state index contributed by atoms with van der Waals surface area (Å²) in [6.45, 7) is 3.44. The van der Waals surface area contributed by atoms with Crippen LogP contribution in [0.5, 0.6) is 0 Å². The first-order chi connectivity index (χ1) is 10.7. The van der Waals surface area contributed by atoms with Crippen LogP contribution in [0, 0.1) is 0 Å². The zero-order valence-electron chi connectivity index (χ0n) is 13.7. The highest BCUT2D eigenvalue weighted by molar-refractivity contribution is 7.92. The third-order valence-corrected chi connectivity index (χ3v) is 4.42. The Morgan fingerprint density at radius 3 is 2.26 bits per heavy atom. The average Bonchev–Trinajstić information content (AvgIpc) is 2.50. The van der Waals surface area contributed by atoms with Crippen LogP contribution >= 0.6 is 0 Å². The minimum absolute atomic E-state index is 0.0365. The minimum atomic E-state index is -3.64. The second-order valence-electron chi connectivity index (χ2n) is 5.18. The number of nitrogens with zero attached hydrogens (tertiary/aromatic N) is 1. The standard InChI is InChI=1S/C15H22N2O5S/c1-5-11(2)16-14(18)10-17(23(4,20)21)13-8-6-12(7-9-13)15(19)22-3/h6-9,11H,5,10H2,1-4H3,(H,16,18). The maximum Gasteiger partial charge on any atom is 0.337 e. The summed E-state index contributed by atoms with van der Waals surface area (Å²) in [6.07, 6.45) is 1.77. The summed E-state index contributed by atoms with van der Waals surface area (Å²) in [6, 6.07) is 5.79.